The lowest BCUT2D eigenvalue weighted by Gasteiger charge is -2.39. The molecule has 3 aliphatic heterocycles. The van der Waals surface area contributed by atoms with E-state index in [0.717, 1.165) is 39.0 Å². The summed E-state index contributed by atoms with van der Waals surface area (Å²) in [5.41, 5.74) is 6.92. The molecule has 2 fully saturated rings. The van der Waals surface area contributed by atoms with Crippen LogP contribution in [0.15, 0.2) is 34.8 Å². The number of fused-ring (bicyclic) bond motifs is 2. The molecule has 5 rings (SSSR count). The number of anilines is 1. The van der Waals surface area contributed by atoms with Crippen LogP contribution in [0.5, 0.6) is 0 Å². The second-order valence-corrected chi connectivity index (χ2v) is 9.42. The van der Waals surface area contributed by atoms with Crippen LogP contribution in [0.25, 0.3) is 0 Å². The molecule has 168 valence electrons. The summed E-state index contributed by atoms with van der Waals surface area (Å²) >= 11 is 0. The van der Waals surface area contributed by atoms with Crippen molar-refractivity contribution >= 4 is 11.4 Å². The number of halogens is 1. The highest BCUT2D eigenvalue weighted by molar-refractivity contribution is 6.05. The van der Waals surface area contributed by atoms with Crippen molar-refractivity contribution in [1.82, 2.24) is 10.2 Å². The second-order valence-electron chi connectivity index (χ2n) is 9.42. The third-order valence-corrected chi connectivity index (χ3v) is 7.34. The lowest BCUT2D eigenvalue weighted by atomic mass is 9.85. The maximum absolute atomic E-state index is 13.2. The van der Waals surface area contributed by atoms with Crippen molar-refractivity contribution in [3.05, 3.63) is 41.0 Å². The van der Waals surface area contributed by atoms with Crippen molar-refractivity contribution in [2.24, 2.45) is 4.99 Å². The lowest BCUT2D eigenvalue weighted by molar-refractivity contribution is 0.0246. The first-order chi connectivity index (χ1) is 15.2. The first kappa shape index (κ1) is 21.1. The summed E-state index contributed by atoms with van der Waals surface area (Å²) in [4.78, 5) is 9.76. The van der Waals surface area contributed by atoms with Crippen LogP contribution in [0.2, 0.25) is 0 Å². The molecule has 0 bridgehead atoms. The van der Waals surface area contributed by atoms with Crippen LogP contribution in [-0.2, 0) is 17.7 Å². The standard InChI is InChI=1S/C25H35FN4O/c1-29(24-9-2-5-18-7-4-10-27-25(18)24)16-20-13-22-19(15-28-20)6-3-8-23(22)30-11-12-31-21(14-26)17-30/h3,6-8,20-21,24,28H,2,4-5,9-17H2,1H3/t20-,21?,24+/m1/s1. The van der Waals surface area contributed by atoms with Crippen LogP contribution in [-0.4, -0.2) is 75.3 Å². The van der Waals surface area contributed by atoms with Gasteiger partial charge in [-0.25, -0.2) is 4.39 Å². The molecule has 1 aromatic carbocycles. The van der Waals surface area contributed by atoms with Crippen molar-refractivity contribution in [2.75, 3.05) is 51.4 Å². The summed E-state index contributed by atoms with van der Waals surface area (Å²) in [5.74, 6) is 0. The van der Waals surface area contributed by atoms with E-state index in [9.17, 15) is 4.39 Å². The zero-order chi connectivity index (χ0) is 21.2. The van der Waals surface area contributed by atoms with Crippen LogP contribution < -0.4 is 10.2 Å². The highest BCUT2D eigenvalue weighted by atomic mass is 19.1. The Hall–Kier alpha value is -1.76. The molecule has 0 radical (unpaired) electrons. The molecular weight excluding hydrogens is 391 g/mol. The number of alkyl halides is 1. The molecule has 1 unspecified atom stereocenters. The van der Waals surface area contributed by atoms with Gasteiger partial charge in [0.15, 0.2) is 0 Å². The SMILES string of the molecule is CN(C[C@H]1Cc2c(cccc2N2CCOC(CF)C2)CN1)[C@H]1CCCC2=CCCN=C21. The second kappa shape index (κ2) is 9.39. The van der Waals surface area contributed by atoms with Gasteiger partial charge < -0.3 is 15.0 Å². The number of aliphatic imine (C=N–C) groups is 1. The van der Waals surface area contributed by atoms with Gasteiger partial charge in [0.05, 0.1) is 18.4 Å². The molecule has 1 N–H and O–H groups in total. The van der Waals surface area contributed by atoms with Crippen molar-refractivity contribution in [1.29, 1.82) is 0 Å². The monoisotopic (exact) mass is 426 g/mol. The minimum Gasteiger partial charge on any atom is -0.372 e. The quantitative estimate of drug-likeness (QED) is 0.785. The summed E-state index contributed by atoms with van der Waals surface area (Å²) < 4.78 is 18.8. The Morgan fingerprint density at radius 2 is 2.29 bits per heavy atom. The van der Waals surface area contributed by atoms with Crippen LogP contribution in [0.4, 0.5) is 10.1 Å². The number of morpholine rings is 1. The summed E-state index contributed by atoms with van der Waals surface area (Å²) in [7, 11) is 2.27. The molecule has 6 heteroatoms. The Kier molecular flexibility index (Phi) is 6.39. The number of nitrogens with one attached hydrogen (secondary N) is 1. The zero-order valence-electron chi connectivity index (χ0n) is 18.7. The van der Waals surface area contributed by atoms with Gasteiger partial charge in [-0.05, 0) is 61.9 Å². The van der Waals surface area contributed by atoms with Gasteiger partial charge in [0.2, 0.25) is 0 Å². The summed E-state index contributed by atoms with van der Waals surface area (Å²) in [6, 6.07) is 7.44. The maximum Gasteiger partial charge on any atom is 0.117 e. The van der Waals surface area contributed by atoms with Gasteiger partial charge in [-0.3, -0.25) is 9.89 Å². The van der Waals surface area contributed by atoms with E-state index in [0.29, 0.717) is 25.2 Å². The summed E-state index contributed by atoms with van der Waals surface area (Å²) in [5, 5.41) is 3.77. The molecule has 1 aliphatic carbocycles. The highest BCUT2D eigenvalue weighted by Gasteiger charge is 2.31. The average molecular weight is 427 g/mol. The zero-order valence-corrected chi connectivity index (χ0v) is 18.7. The third kappa shape index (κ3) is 4.43. The van der Waals surface area contributed by atoms with Crippen molar-refractivity contribution in [3.8, 4) is 0 Å². The van der Waals surface area contributed by atoms with Gasteiger partial charge in [0.1, 0.15) is 12.8 Å². The van der Waals surface area contributed by atoms with Gasteiger partial charge in [-0.2, -0.15) is 0 Å². The molecule has 0 amide bonds. The minimum absolute atomic E-state index is 0.307. The molecule has 3 atom stereocenters. The van der Waals surface area contributed by atoms with Crippen molar-refractivity contribution < 1.29 is 9.13 Å². The molecule has 31 heavy (non-hydrogen) atoms. The lowest BCUT2D eigenvalue weighted by Crippen LogP contribution is -2.50. The predicted molar refractivity (Wildman–Crippen MR) is 124 cm³/mol. The van der Waals surface area contributed by atoms with Gasteiger partial charge >= 0.3 is 0 Å². The van der Waals surface area contributed by atoms with E-state index in [2.05, 4.69) is 46.4 Å². The van der Waals surface area contributed by atoms with E-state index in [4.69, 9.17) is 9.73 Å². The molecule has 1 saturated carbocycles. The smallest absolute Gasteiger partial charge is 0.117 e. The molecule has 3 heterocycles. The Balaban J connectivity index is 1.29. The molecule has 1 aromatic rings. The topological polar surface area (TPSA) is 40.1 Å². The summed E-state index contributed by atoms with van der Waals surface area (Å²) in [6.45, 7) is 4.52. The van der Waals surface area contributed by atoms with E-state index >= 15 is 0 Å². The van der Waals surface area contributed by atoms with Crippen molar-refractivity contribution in [3.63, 3.8) is 0 Å². The maximum atomic E-state index is 13.2. The van der Waals surface area contributed by atoms with E-state index < -0.39 is 6.67 Å². The first-order valence-corrected chi connectivity index (χ1v) is 11.9. The van der Waals surface area contributed by atoms with Gasteiger partial charge in [-0.1, -0.05) is 18.2 Å². The molecule has 4 aliphatic rings. The normalized spacial score (nSPS) is 28.6. The third-order valence-electron chi connectivity index (χ3n) is 7.34. The molecular formula is C25H35FN4O. The number of hydrogen-bond donors (Lipinski definition) is 1. The molecule has 1 saturated heterocycles. The van der Waals surface area contributed by atoms with Crippen LogP contribution in [0.3, 0.4) is 0 Å². The van der Waals surface area contributed by atoms with Gasteiger partial charge in [0.25, 0.3) is 0 Å². The molecule has 5 nitrogen and oxygen atoms in total. The number of likely N-dealkylation sites (N-methyl/N-ethyl adjacent to an activating group) is 1. The van der Waals surface area contributed by atoms with E-state index in [1.54, 1.807) is 0 Å². The number of ether oxygens (including phenoxy) is 1. The molecule has 0 spiro atoms. The Bertz CT molecular complexity index is 854. The number of nitrogens with zero attached hydrogens (tertiary/aromatic N) is 3. The number of rotatable bonds is 5. The van der Waals surface area contributed by atoms with Crippen LogP contribution >= 0.6 is 0 Å². The van der Waals surface area contributed by atoms with E-state index in [1.807, 2.05) is 0 Å². The fraction of sp³-hybridized carbons (Fsp3) is 0.640. The largest absolute Gasteiger partial charge is 0.372 e. The number of benzene rings is 1. The van der Waals surface area contributed by atoms with Crippen LogP contribution in [0.1, 0.15) is 36.8 Å². The van der Waals surface area contributed by atoms with Gasteiger partial charge in [-0.15, -0.1) is 0 Å². The van der Waals surface area contributed by atoms with E-state index in [-0.39, 0.29) is 6.10 Å². The van der Waals surface area contributed by atoms with E-state index in [1.165, 1.54) is 47.4 Å². The highest BCUT2D eigenvalue weighted by Crippen LogP contribution is 2.31. The Morgan fingerprint density at radius 1 is 1.35 bits per heavy atom. The Labute approximate surface area is 185 Å². The van der Waals surface area contributed by atoms with Crippen molar-refractivity contribution in [2.45, 2.75) is 56.8 Å². The Morgan fingerprint density at radius 3 is 3.19 bits per heavy atom. The minimum atomic E-state index is -0.414. The van der Waals surface area contributed by atoms with Crippen LogP contribution in [0, 0.1) is 0 Å². The number of dihydropyridines is 1. The fourth-order valence-electron chi connectivity index (χ4n) is 5.76. The fourth-order valence-corrected chi connectivity index (χ4v) is 5.76. The van der Waals surface area contributed by atoms with Gasteiger partial charge in [0, 0.05) is 44.5 Å². The molecule has 0 aromatic heterocycles. The first-order valence-electron chi connectivity index (χ1n) is 11.9. The predicted octanol–water partition coefficient (Wildman–Crippen LogP) is 3.13. The number of hydrogen-bond acceptors (Lipinski definition) is 5. The average Bonchev–Trinajstić information content (AvgIpc) is 2.83. The summed E-state index contributed by atoms with van der Waals surface area (Å²) in [6.07, 6.45) is 7.88.